The minimum absolute atomic E-state index is 0.0325. The summed E-state index contributed by atoms with van der Waals surface area (Å²) in [5.41, 5.74) is 0.632. The minimum Gasteiger partial charge on any atom is -0.474 e. The highest BCUT2D eigenvalue weighted by atomic mass is 16.6. The normalized spacial score (nSPS) is 8.11. The standard InChI is InChI=1S/C10H14O4.C4H6O/c1-7(2)9(11)13-5-6-14-10(12)8(3)4;1-3-5-4-2/h1,3,5-6H2,2,4H3;3-4H,1-2H2. The summed E-state index contributed by atoms with van der Waals surface area (Å²) in [6, 6.07) is 0. The van der Waals surface area contributed by atoms with E-state index in [1.165, 1.54) is 12.5 Å². The van der Waals surface area contributed by atoms with Crippen LogP contribution in [-0.4, -0.2) is 25.2 Å². The number of hydrogen-bond acceptors (Lipinski definition) is 5. The first-order chi connectivity index (χ1) is 8.86. The fraction of sp³-hybridized carbons (Fsp3) is 0.286. The molecule has 0 spiro atoms. The van der Waals surface area contributed by atoms with Crippen molar-refractivity contribution in [2.75, 3.05) is 13.2 Å². The van der Waals surface area contributed by atoms with Crippen LogP contribution in [0.5, 0.6) is 0 Å². The van der Waals surface area contributed by atoms with Crippen molar-refractivity contribution < 1.29 is 23.8 Å². The highest BCUT2D eigenvalue weighted by Crippen LogP contribution is 1.94. The van der Waals surface area contributed by atoms with E-state index in [0.717, 1.165) is 0 Å². The van der Waals surface area contributed by atoms with E-state index in [-0.39, 0.29) is 13.2 Å². The Balaban J connectivity index is 0. The van der Waals surface area contributed by atoms with Crippen LogP contribution in [0.3, 0.4) is 0 Å². The van der Waals surface area contributed by atoms with Crippen LogP contribution >= 0.6 is 0 Å². The van der Waals surface area contributed by atoms with Gasteiger partial charge in [0.2, 0.25) is 0 Å². The van der Waals surface area contributed by atoms with Gasteiger partial charge in [0.25, 0.3) is 0 Å². The lowest BCUT2D eigenvalue weighted by Gasteiger charge is -2.05. The van der Waals surface area contributed by atoms with E-state index in [4.69, 9.17) is 0 Å². The van der Waals surface area contributed by atoms with Crippen molar-refractivity contribution in [1.29, 1.82) is 0 Å². The third kappa shape index (κ3) is 13.6. The van der Waals surface area contributed by atoms with Gasteiger partial charge >= 0.3 is 11.9 Å². The number of hydrogen-bond donors (Lipinski definition) is 0. The monoisotopic (exact) mass is 268 g/mol. The van der Waals surface area contributed by atoms with Crippen molar-refractivity contribution in [3.63, 3.8) is 0 Å². The maximum Gasteiger partial charge on any atom is 0.333 e. The van der Waals surface area contributed by atoms with Crippen LogP contribution < -0.4 is 0 Å². The molecule has 0 N–H and O–H groups in total. The summed E-state index contributed by atoms with van der Waals surface area (Å²) in [5, 5.41) is 0. The molecule has 5 heteroatoms. The van der Waals surface area contributed by atoms with Gasteiger partial charge in [-0.1, -0.05) is 26.3 Å². The predicted octanol–water partition coefficient (Wildman–Crippen LogP) is 2.52. The molecule has 0 atom stereocenters. The number of esters is 2. The van der Waals surface area contributed by atoms with Crippen molar-refractivity contribution in [2.45, 2.75) is 13.8 Å². The Hall–Kier alpha value is -2.30. The van der Waals surface area contributed by atoms with Crippen molar-refractivity contribution in [1.82, 2.24) is 0 Å². The quantitative estimate of drug-likeness (QED) is 0.307. The molecule has 0 aliphatic carbocycles. The molecule has 0 saturated carbocycles. The van der Waals surface area contributed by atoms with Gasteiger partial charge in [-0.3, -0.25) is 0 Å². The number of carbonyl (C=O) groups excluding carboxylic acids is 2. The van der Waals surface area contributed by atoms with Gasteiger partial charge in [-0.15, -0.1) is 0 Å². The first kappa shape index (κ1) is 19.0. The Morgan fingerprint density at radius 3 is 1.37 bits per heavy atom. The Morgan fingerprint density at radius 1 is 0.895 bits per heavy atom. The molecule has 5 nitrogen and oxygen atoms in total. The summed E-state index contributed by atoms with van der Waals surface area (Å²) in [7, 11) is 0. The molecule has 0 aromatic heterocycles. The van der Waals surface area contributed by atoms with Gasteiger partial charge in [0.05, 0.1) is 12.5 Å². The topological polar surface area (TPSA) is 61.8 Å². The fourth-order valence-corrected chi connectivity index (χ4v) is 0.583. The Labute approximate surface area is 113 Å². The Bertz CT molecular complexity index is 321. The van der Waals surface area contributed by atoms with E-state index in [2.05, 4.69) is 40.5 Å². The first-order valence-corrected chi connectivity index (χ1v) is 5.39. The molecule has 0 saturated heterocycles. The van der Waals surface area contributed by atoms with Crippen molar-refractivity contribution in [2.24, 2.45) is 0 Å². The largest absolute Gasteiger partial charge is 0.474 e. The number of ether oxygens (including phenoxy) is 3. The second-order valence-corrected chi connectivity index (χ2v) is 3.30. The van der Waals surface area contributed by atoms with E-state index < -0.39 is 11.9 Å². The molecule has 0 heterocycles. The first-order valence-electron chi connectivity index (χ1n) is 5.39. The van der Waals surface area contributed by atoms with Crippen LogP contribution in [0.15, 0.2) is 50.0 Å². The second kappa shape index (κ2) is 12.2. The average Bonchev–Trinajstić information content (AvgIpc) is 2.35. The van der Waals surface area contributed by atoms with Gasteiger partial charge in [-0.25, -0.2) is 9.59 Å². The maximum absolute atomic E-state index is 10.8. The Morgan fingerprint density at radius 2 is 1.21 bits per heavy atom. The lowest BCUT2D eigenvalue weighted by atomic mass is 10.4. The van der Waals surface area contributed by atoms with Gasteiger partial charge < -0.3 is 14.2 Å². The molecule has 0 aromatic carbocycles. The lowest BCUT2D eigenvalue weighted by Crippen LogP contribution is -2.14. The van der Waals surface area contributed by atoms with Crippen LogP contribution in [0.1, 0.15) is 13.8 Å². The van der Waals surface area contributed by atoms with Gasteiger partial charge in [-0.2, -0.15) is 0 Å². The van der Waals surface area contributed by atoms with Crippen LogP contribution in [0.25, 0.3) is 0 Å². The molecule has 0 radical (unpaired) electrons. The van der Waals surface area contributed by atoms with E-state index in [1.54, 1.807) is 13.8 Å². The van der Waals surface area contributed by atoms with Gasteiger partial charge in [0, 0.05) is 11.1 Å². The number of carbonyl (C=O) groups is 2. The molecule has 0 rings (SSSR count). The van der Waals surface area contributed by atoms with E-state index in [1.807, 2.05) is 0 Å². The highest BCUT2D eigenvalue weighted by molar-refractivity contribution is 5.87. The number of rotatable bonds is 7. The van der Waals surface area contributed by atoms with Crippen LogP contribution in [0, 0.1) is 0 Å². The molecule has 0 bridgehead atoms. The summed E-state index contributed by atoms with van der Waals surface area (Å²) < 4.78 is 13.7. The molecular weight excluding hydrogens is 248 g/mol. The maximum atomic E-state index is 10.8. The lowest BCUT2D eigenvalue weighted by molar-refractivity contribution is -0.147. The molecular formula is C14H20O5. The summed E-state index contributed by atoms with van der Waals surface area (Å²) in [4.78, 5) is 21.7. The van der Waals surface area contributed by atoms with Crippen molar-refractivity contribution >= 4 is 11.9 Å². The molecule has 0 amide bonds. The zero-order valence-electron chi connectivity index (χ0n) is 11.4. The second-order valence-electron chi connectivity index (χ2n) is 3.30. The average molecular weight is 268 g/mol. The zero-order valence-corrected chi connectivity index (χ0v) is 11.4. The van der Waals surface area contributed by atoms with E-state index in [0.29, 0.717) is 11.1 Å². The molecule has 0 fully saturated rings. The zero-order chi connectivity index (χ0) is 15.3. The summed E-state index contributed by atoms with van der Waals surface area (Å²) in [5.74, 6) is -0.979. The van der Waals surface area contributed by atoms with Gasteiger partial charge in [0.1, 0.15) is 13.2 Å². The van der Waals surface area contributed by atoms with Crippen LogP contribution in [0.4, 0.5) is 0 Å². The highest BCUT2D eigenvalue weighted by Gasteiger charge is 2.05. The Kier molecular flexibility index (Phi) is 12.2. The SMILES string of the molecule is C=C(C)C(=O)OCCOC(=O)C(=C)C.C=COC=C. The summed E-state index contributed by atoms with van der Waals surface area (Å²) in [6.07, 6.45) is 2.62. The molecule has 19 heavy (non-hydrogen) atoms. The smallest absolute Gasteiger partial charge is 0.333 e. The predicted molar refractivity (Wildman–Crippen MR) is 73.0 cm³/mol. The van der Waals surface area contributed by atoms with Gasteiger partial charge in [-0.05, 0) is 13.8 Å². The van der Waals surface area contributed by atoms with Gasteiger partial charge in [0.15, 0.2) is 0 Å². The van der Waals surface area contributed by atoms with Crippen molar-refractivity contribution in [3.8, 4) is 0 Å². The fourth-order valence-electron chi connectivity index (χ4n) is 0.583. The molecule has 0 aliphatic rings. The molecule has 106 valence electrons. The summed E-state index contributed by atoms with van der Waals surface area (Å²) >= 11 is 0. The minimum atomic E-state index is -0.489. The summed E-state index contributed by atoms with van der Waals surface area (Å²) in [6.45, 7) is 16.5. The van der Waals surface area contributed by atoms with E-state index in [9.17, 15) is 9.59 Å². The molecule has 0 aromatic rings. The third-order valence-corrected chi connectivity index (χ3v) is 1.44. The van der Waals surface area contributed by atoms with E-state index >= 15 is 0 Å². The van der Waals surface area contributed by atoms with Crippen molar-refractivity contribution in [3.05, 3.63) is 50.0 Å². The third-order valence-electron chi connectivity index (χ3n) is 1.44. The molecule has 0 aliphatic heterocycles. The van der Waals surface area contributed by atoms with Crippen LogP contribution in [-0.2, 0) is 23.8 Å². The van der Waals surface area contributed by atoms with Crippen LogP contribution in [0.2, 0.25) is 0 Å². The molecule has 0 unspecified atom stereocenters.